The highest BCUT2D eigenvalue weighted by atomic mass is 15.0. The Kier molecular flexibility index (Phi) is 6.39. The highest BCUT2D eigenvalue weighted by molar-refractivity contribution is 6.24. The molecule has 2 N–H and O–H groups in total. The molecule has 2 aliphatic rings. The van der Waals surface area contributed by atoms with Gasteiger partial charge < -0.3 is 10.3 Å². The summed E-state index contributed by atoms with van der Waals surface area (Å²) >= 11 is 0. The van der Waals surface area contributed by atoms with Gasteiger partial charge in [0.15, 0.2) is 0 Å². The molecule has 7 nitrogen and oxygen atoms in total. The maximum absolute atomic E-state index is 9.52. The number of allylic oxidation sites excluding steroid dienone is 1. The third-order valence-electron chi connectivity index (χ3n) is 6.39. The fourth-order valence-corrected chi connectivity index (χ4v) is 4.95. The molecule has 1 fully saturated rings. The topological polar surface area (TPSA) is 114 Å². The zero-order valence-corrected chi connectivity index (χ0v) is 17.1. The van der Waals surface area contributed by atoms with E-state index in [9.17, 15) is 5.26 Å². The van der Waals surface area contributed by atoms with Crippen molar-refractivity contribution in [2.24, 2.45) is 22.7 Å². The van der Waals surface area contributed by atoms with Gasteiger partial charge in [0, 0.05) is 36.7 Å². The lowest BCUT2D eigenvalue weighted by Gasteiger charge is -2.28. The Morgan fingerprint density at radius 3 is 2.83 bits per heavy atom. The lowest BCUT2D eigenvalue weighted by Crippen LogP contribution is -2.26. The first-order valence-electron chi connectivity index (χ1n) is 10.8. The first kappa shape index (κ1) is 20.1. The Bertz CT molecular complexity index is 1010. The van der Waals surface area contributed by atoms with Crippen molar-refractivity contribution in [3.05, 3.63) is 30.4 Å². The summed E-state index contributed by atoms with van der Waals surface area (Å²) < 4.78 is 0. The van der Waals surface area contributed by atoms with Crippen LogP contribution in [0.15, 0.2) is 29.7 Å². The summed E-state index contributed by atoms with van der Waals surface area (Å²) in [5, 5.41) is 22.8. The Hall–Kier alpha value is -3.19. The van der Waals surface area contributed by atoms with Crippen LogP contribution in [0.25, 0.3) is 16.6 Å². The van der Waals surface area contributed by atoms with Crippen LogP contribution in [0.1, 0.15) is 50.6 Å². The summed E-state index contributed by atoms with van der Waals surface area (Å²) in [6, 6.07) is 6.61. The number of fused-ring (bicyclic) bond motifs is 1. The molecule has 1 aliphatic heterocycles. The van der Waals surface area contributed by atoms with Gasteiger partial charge in [-0.25, -0.2) is 9.97 Å². The number of aromatic amines is 1. The molecule has 0 spiro atoms. The molecule has 2 unspecified atom stereocenters. The van der Waals surface area contributed by atoms with Crippen LogP contribution < -0.4 is 5.32 Å². The van der Waals surface area contributed by atoms with Crippen LogP contribution >= 0.6 is 0 Å². The normalized spacial score (nSPS) is 20.7. The predicted molar refractivity (Wildman–Crippen MR) is 116 cm³/mol. The summed E-state index contributed by atoms with van der Waals surface area (Å²) in [6.07, 6.45) is 12.6. The van der Waals surface area contributed by atoms with E-state index < -0.39 is 0 Å². The van der Waals surface area contributed by atoms with Gasteiger partial charge in [-0.2, -0.15) is 10.5 Å². The van der Waals surface area contributed by atoms with Gasteiger partial charge in [-0.3, -0.25) is 4.99 Å². The summed E-state index contributed by atoms with van der Waals surface area (Å²) in [7, 11) is 0. The number of rotatable bonds is 6. The maximum Gasteiger partial charge on any atom is 0.141 e. The molecule has 0 aromatic carbocycles. The quantitative estimate of drug-likeness (QED) is 0.711. The molecule has 7 heteroatoms. The van der Waals surface area contributed by atoms with Crippen molar-refractivity contribution in [2.75, 3.05) is 13.1 Å². The highest BCUT2D eigenvalue weighted by Gasteiger charge is 2.32. The van der Waals surface area contributed by atoms with E-state index in [1.54, 1.807) is 6.33 Å². The number of hydrogen-bond donors (Lipinski definition) is 2. The average molecular weight is 402 g/mol. The first-order valence-corrected chi connectivity index (χ1v) is 10.8. The van der Waals surface area contributed by atoms with Gasteiger partial charge in [-0.05, 0) is 30.2 Å². The molecule has 1 aliphatic carbocycles. The number of amidine groups is 1. The predicted octanol–water partition coefficient (Wildman–Crippen LogP) is 3.98. The number of aliphatic imine (C=N–C) groups is 1. The van der Waals surface area contributed by atoms with Crippen LogP contribution in [-0.2, 0) is 0 Å². The van der Waals surface area contributed by atoms with Crippen molar-refractivity contribution in [2.45, 2.75) is 44.9 Å². The molecule has 0 saturated heterocycles. The minimum Gasteiger partial charge on any atom is -0.369 e. The summed E-state index contributed by atoms with van der Waals surface area (Å²) in [6.45, 7) is 1.25. The van der Waals surface area contributed by atoms with Crippen molar-refractivity contribution < 1.29 is 0 Å². The van der Waals surface area contributed by atoms with Gasteiger partial charge in [0.25, 0.3) is 0 Å². The minimum atomic E-state index is 0.283. The molecule has 0 bridgehead atoms. The highest BCUT2D eigenvalue weighted by Crippen LogP contribution is 2.40. The van der Waals surface area contributed by atoms with Crippen molar-refractivity contribution in [3.63, 3.8) is 0 Å². The third kappa shape index (κ3) is 4.21. The van der Waals surface area contributed by atoms with Crippen LogP contribution in [-0.4, -0.2) is 33.9 Å². The molecule has 3 heterocycles. The Morgan fingerprint density at radius 1 is 1.17 bits per heavy atom. The fourth-order valence-electron chi connectivity index (χ4n) is 4.95. The number of nitrogens with zero attached hydrogens (tertiary/aromatic N) is 5. The van der Waals surface area contributed by atoms with Crippen LogP contribution in [0.2, 0.25) is 0 Å². The van der Waals surface area contributed by atoms with Gasteiger partial charge in [-0.15, -0.1) is 0 Å². The van der Waals surface area contributed by atoms with E-state index in [1.165, 1.54) is 25.7 Å². The molecule has 4 rings (SSSR count). The lowest BCUT2D eigenvalue weighted by atomic mass is 9.76. The fraction of sp³-hybridized carbons (Fsp3) is 0.522. The molecule has 30 heavy (non-hydrogen) atoms. The van der Waals surface area contributed by atoms with Crippen LogP contribution in [0, 0.1) is 40.4 Å². The maximum atomic E-state index is 9.52. The largest absolute Gasteiger partial charge is 0.369 e. The zero-order chi connectivity index (χ0) is 20.8. The van der Waals surface area contributed by atoms with Crippen molar-refractivity contribution in [1.82, 2.24) is 20.3 Å². The van der Waals surface area contributed by atoms with Gasteiger partial charge in [0.05, 0.1) is 24.3 Å². The molecule has 0 amide bonds. The van der Waals surface area contributed by atoms with Crippen molar-refractivity contribution in [3.8, 4) is 12.1 Å². The summed E-state index contributed by atoms with van der Waals surface area (Å²) in [4.78, 5) is 16.9. The average Bonchev–Trinajstić information content (AvgIpc) is 3.42. The number of nitriles is 2. The second kappa shape index (κ2) is 9.54. The smallest absolute Gasteiger partial charge is 0.141 e. The van der Waals surface area contributed by atoms with Crippen molar-refractivity contribution in [1.29, 1.82) is 10.5 Å². The minimum absolute atomic E-state index is 0.283. The molecular formula is C23H27N7. The van der Waals surface area contributed by atoms with Gasteiger partial charge in [-0.1, -0.05) is 31.8 Å². The standard InChI is InChI=1S/C23H27N7/c24-9-3-11-26-23-20(21-19-8-13-28-22(19)30-15-29-21)14-17(7-12-27-23)18(6-10-25)16-4-1-2-5-16/h8,13-18H,1-7,11-12H2,(H,26,27)(H,28,29,30). The molecule has 2 aromatic rings. The van der Waals surface area contributed by atoms with Crippen LogP contribution in [0.5, 0.6) is 0 Å². The van der Waals surface area contributed by atoms with E-state index >= 15 is 0 Å². The summed E-state index contributed by atoms with van der Waals surface area (Å²) in [5.41, 5.74) is 2.60. The number of aromatic nitrogens is 3. The van der Waals surface area contributed by atoms with E-state index in [4.69, 9.17) is 10.3 Å². The van der Waals surface area contributed by atoms with E-state index in [0.717, 1.165) is 34.6 Å². The Balaban J connectivity index is 1.74. The summed E-state index contributed by atoms with van der Waals surface area (Å²) in [5.74, 6) is 2.03. The first-order chi connectivity index (χ1) is 14.8. The third-order valence-corrected chi connectivity index (χ3v) is 6.39. The van der Waals surface area contributed by atoms with Crippen LogP contribution in [0.3, 0.4) is 0 Å². The SMILES string of the molecule is N#CCCNC1=NCCC(C(CC#N)C2CCCC2)C=C1c1ncnc2[nH]ccc12. The van der Waals surface area contributed by atoms with Gasteiger partial charge in [0.1, 0.15) is 17.8 Å². The second-order valence-corrected chi connectivity index (χ2v) is 8.13. The molecule has 154 valence electrons. The van der Waals surface area contributed by atoms with Gasteiger partial charge >= 0.3 is 0 Å². The number of nitrogens with one attached hydrogen (secondary N) is 2. The van der Waals surface area contributed by atoms with Crippen molar-refractivity contribution >= 4 is 22.4 Å². The molecule has 2 atom stereocenters. The van der Waals surface area contributed by atoms with E-state index in [1.807, 2.05) is 12.3 Å². The Labute approximate surface area is 176 Å². The van der Waals surface area contributed by atoms with E-state index in [2.05, 4.69) is 38.5 Å². The molecule has 2 aromatic heterocycles. The Morgan fingerprint density at radius 2 is 2.03 bits per heavy atom. The number of hydrogen-bond acceptors (Lipinski definition) is 6. The monoisotopic (exact) mass is 401 g/mol. The van der Waals surface area contributed by atoms with Gasteiger partial charge in [0.2, 0.25) is 0 Å². The molecular weight excluding hydrogens is 374 g/mol. The molecule has 1 saturated carbocycles. The second-order valence-electron chi connectivity index (χ2n) is 8.13. The zero-order valence-electron chi connectivity index (χ0n) is 17.1. The number of H-pyrrole nitrogens is 1. The molecule has 0 radical (unpaired) electrons. The lowest BCUT2D eigenvalue weighted by molar-refractivity contribution is 0.262. The van der Waals surface area contributed by atoms with E-state index in [0.29, 0.717) is 37.8 Å². The van der Waals surface area contributed by atoms with Crippen LogP contribution in [0.4, 0.5) is 0 Å². The van der Waals surface area contributed by atoms with E-state index in [-0.39, 0.29) is 5.92 Å².